The molecule has 146 valence electrons. The van der Waals surface area contributed by atoms with Crippen LogP contribution in [0.15, 0.2) is 24.3 Å². The first kappa shape index (κ1) is 18.7. The molecule has 0 aromatic heterocycles. The van der Waals surface area contributed by atoms with Gasteiger partial charge in [0.15, 0.2) is 0 Å². The maximum absolute atomic E-state index is 13.4. The minimum absolute atomic E-state index is 0.000000000000000222. The van der Waals surface area contributed by atoms with Gasteiger partial charge in [-0.25, -0.2) is 4.90 Å². The Morgan fingerprint density at radius 3 is 1.85 bits per heavy atom. The second kappa shape index (κ2) is 8.14. The van der Waals surface area contributed by atoms with Crippen molar-refractivity contribution in [3.8, 4) is 0 Å². The number of hydrogen-bond acceptors (Lipinski definition) is 3. The predicted molar refractivity (Wildman–Crippen MR) is 108 cm³/mol. The number of hydrogen-bond donors (Lipinski definition) is 0. The molecule has 1 atom stereocenters. The van der Waals surface area contributed by atoms with Gasteiger partial charge in [-0.1, -0.05) is 56.2 Å². The van der Waals surface area contributed by atoms with E-state index in [-0.39, 0.29) is 17.9 Å². The fraction of sp³-hybridized carbons (Fsp3) is 0.652. The summed E-state index contributed by atoms with van der Waals surface area (Å²) in [5.41, 5.74) is 1.87. The molecule has 2 amide bonds. The summed E-state index contributed by atoms with van der Waals surface area (Å²) in [6.07, 6.45) is 12.7. The molecule has 3 aliphatic rings. The third kappa shape index (κ3) is 3.82. The lowest BCUT2D eigenvalue weighted by Gasteiger charge is -2.44. The number of nitrogens with zero attached hydrogens (tertiary/aromatic N) is 2. The third-order valence-electron chi connectivity index (χ3n) is 6.77. The van der Waals surface area contributed by atoms with Crippen molar-refractivity contribution in [2.45, 2.75) is 95.7 Å². The van der Waals surface area contributed by atoms with Crippen LogP contribution in [-0.4, -0.2) is 34.8 Å². The topological polar surface area (TPSA) is 40.6 Å². The van der Waals surface area contributed by atoms with E-state index < -0.39 is 0 Å². The summed E-state index contributed by atoms with van der Waals surface area (Å²) in [4.78, 5) is 30.2. The summed E-state index contributed by atoms with van der Waals surface area (Å²) in [7, 11) is 0. The van der Waals surface area contributed by atoms with E-state index >= 15 is 0 Å². The Morgan fingerprint density at radius 1 is 0.815 bits per heavy atom. The van der Waals surface area contributed by atoms with Crippen LogP contribution in [0.4, 0.5) is 5.69 Å². The Kier molecular flexibility index (Phi) is 5.63. The van der Waals surface area contributed by atoms with Crippen molar-refractivity contribution in [3.63, 3.8) is 0 Å². The van der Waals surface area contributed by atoms with Crippen molar-refractivity contribution in [2.24, 2.45) is 0 Å². The predicted octanol–water partition coefficient (Wildman–Crippen LogP) is 4.59. The van der Waals surface area contributed by atoms with Crippen LogP contribution in [0, 0.1) is 6.92 Å². The van der Waals surface area contributed by atoms with Gasteiger partial charge in [0.25, 0.3) is 5.91 Å². The maximum atomic E-state index is 13.4. The number of carbonyl (C=O) groups excluding carboxylic acids is 2. The summed E-state index contributed by atoms with van der Waals surface area (Å²) < 4.78 is 0. The molecule has 1 heterocycles. The van der Waals surface area contributed by atoms with Crippen LogP contribution in [0.2, 0.25) is 0 Å². The molecule has 0 radical (unpaired) electrons. The number of amides is 2. The largest absolute Gasteiger partial charge is 0.286 e. The fourth-order valence-corrected chi connectivity index (χ4v) is 5.38. The molecule has 2 saturated carbocycles. The summed E-state index contributed by atoms with van der Waals surface area (Å²) >= 11 is 0. The second-order valence-electron chi connectivity index (χ2n) is 8.65. The second-order valence-corrected chi connectivity index (χ2v) is 8.65. The summed E-state index contributed by atoms with van der Waals surface area (Å²) in [6.45, 7) is 2.02. The van der Waals surface area contributed by atoms with E-state index in [0.717, 1.165) is 11.3 Å². The van der Waals surface area contributed by atoms with E-state index in [1.54, 1.807) is 0 Å². The van der Waals surface area contributed by atoms with Crippen molar-refractivity contribution in [1.29, 1.82) is 0 Å². The smallest absolute Gasteiger partial charge is 0.251 e. The Balaban J connectivity index is 1.60. The van der Waals surface area contributed by atoms with E-state index in [2.05, 4.69) is 4.90 Å². The minimum atomic E-state index is -0.259. The van der Waals surface area contributed by atoms with E-state index in [4.69, 9.17) is 0 Å². The molecule has 0 N–H and O–H groups in total. The molecule has 2 aliphatic carbocycles. The zero-order valence-electron chi connectivity index (χ0n) is 16.5. The van der Waals surface area contributed by atoms with Gasteiger partial charge in [-0.3, -0.25) is 14.5 Å². The summed E-state index contributed by atoms with van der Waals surface area (Å²) in [5.74, 6) is -0.0366. The van der Waals surface area contributed by atoms with Crippen molar-refractivity contribution in [1.82, 2.24) is 4.90 Å². The molecule has 4 heteroatoms. The van der Waals surface area contributed by atoms with Crippen LogP contribution in [0.3, 0.4) is 0 Å². The van der Waals surface area contributed by atoms with Gasteiger partial charge < -0.3 is 0 Å². The number of anilines is 1. The van der Waals surface area contributed by atoms with Gasteiger partial charge in [-0.05, 0) is 44.7 Å². The van der Waals surface area contributed by atoms with E-state index in [1.807, 2.05) is 31.2 Å². The van der Waals surface area contributed by atoms with Gasteiger partial charge in [-0.15, -0.1) is 0 Å². The SMILES string of the molecule is Cc1ccc(N2C(=O)CC(N(C3CCCCC3)C3CCCCC3)C2=O)cc1. The van der Waals surface area contributed by atoms with Crippen LogP contribution in [-0.2, 0) is 9.59 Å². The summed E-state index contributed by atoms with van der Waals surface area (Å²) in [6, 6.07) is 8.44. The average Bonchev–Trinajstić information content (AvgIpc) is 2.99. The average molecular weight is 369 g/mol. The first-order valence-corrected chi connectivity index (χ1v) is 10.9. The molecular formula is C23H32N2O2. The minimum Gasteiger partial charge on any atom is -0.286 e. The van der Waals surface area contributed by atoms with Gasteiger partial charge in [0.1, 0.15) is 0 Å². The van der Waals surface area contributed by atoms with Gasteiger partial charge in [0.2, 0.25) is 5.91 Å². The molecule has 0 bridgehead atoms. The van der Waals surface area contributed by atoms with Gasteiger partial charge in [-0.2, -0.15) is 0 Å². The quantitative estimate of drug-likeness (QED) is 0.730. The van der Waals surface area contributed by atoms with Crippen molar-refractivity contribution < 1.29 is 9.59 Å². The monoisotopic (exact) mass is 368 g/mol. The van der Waals surface area contributed by atoms with Crippen molar-refractivity contribution in [3.05, 3.63) is 29.8 Å². The van der Waals surface area contributed by atoms with Gasteiger partial charge in [0, 0.05) is 12.1 Å². The maximum Gasteiger partial charge on any atom is 0.251 e. The van der Waals surface area contributed by atoms with Crippen LogP contribution >= 0.6 is 0 Å². The first-order chi connectivity index (χ1) is 13.1. The molecule has 1 saturated heterocycles. The van der Waals surface area contributed by atoms with E-state index in [9.17, 15) is 9.59 Å². The van der Waals surface area contributed by atoms with Crippen molar-refractivity contribution >= 4 is 17.5 Å². The number of rotatable bonds is 4. The van der Waals surface area contributed by atoms with Gasteiger partial charge >= 0.3 is 0 Å². The molecule has 3 fully saturated rings. The highest BCUT2D eigenvalue weighted by atomic mass is 16.2. The van der Waals surface area contributed by atoms with Crippen LogP contribution in [0.25, 0.3) is 0 Å². The number of carbonyl (C=O) groups is 2. The number of imide groups is 1. The third-order valence-corrected chi connectivity index (χ3v) is 6.77. The molecule has 1 aromatic carbocycles. The highest BCUT2D eigenvalue weighted by molar-refractivity contribution is 6.22. The number of aryl methyl sites for hydroxylation is 1. The molecule has 4 rings (SSSR count). The molecule has 27 heavy (non-hydrogen) atoms. The van der Waals surface area contributed by atoms with Crippen LogP contribution < -0.4 is 4.90 Å². The molecule has 0 spiro atoms. The molecule has 1 aliphatic heterocycles. The standard InChI is InChI=1S/C23H32N2O2/c1-17-12-14-20(15-13-17)25-22(26)16-21(23(25)27)24(18-8-4-2-5-9-18)19-10-6-3-7-11-19/h12-15,18-19,21H,2-11,16H2,1H3. The zero-order valence-corrected chi connectivity index (χ0v) is 16.5. The Hall–Kier alpha value is -1.68. The normalized spacial score (nSPS) is 25.6. The lowest BCUT2D eigenvalue weighted by atomic mass is 9.87. The number of benzene rings is 1. The molecular weight excluding hydrogens is 336 g/mol. The van der Waals surface area contributed by atoms with Crippen molar-refractivity contribution in [2.75, 3.05) is 4.90 Å². The first-order valence-electron chi connectivity index (χ1n) is 10.9. The molecule has 1 unspecified atom stereocenters. The van der Waals surface area contributed by atoms with Crippen LogP contribution in [0.5, 0.6) is 0 Å². The van der Waals surface area contributed by atoms with E-state index in [1.165, 1.54) is 69.1 Å². The zero-order chi connectivity index (χ0) is 18.8. The highest BCUT2D eigenvalue weighted by Crippen LogP contribution is 2.36. The lowest BCUT2D eigenvalue weighted by molar-refractivity contribution is -0.124. The lowest BCUT2D eigenvalue weighted by Crippen LogP contribution is -2.53. The Morgan fingerprint density at radius 2 is 1.33 bits per heavy atom. The van der Waals surface area contributed by atoms with Crippen LogP contribution in [0.1, 0.15) is 76.2 Å². The summed E-state index contributed by atoms with van der Waals surface area (Å²) in [5, 5.41) is 0. The van der Waals surface area contributed by atoms with E-state index in [0.29, 0.717) is 18.5 Å². The fourth-order valence-electron chi connectivity index (χ4n) is 5.38. The Labute approximate surface area is 162 Å². The molecule has 1 aromatic rings. The Bertz CT molecular complexity index is 654. The highest BCUT2D eigenvalue weighted by Gasteiger charge is 2.46. The van der Waals surface area contributed by atoms with Gasteiger partial charge in [0.05, 0.1) is 18.2 Å². The molecule has 4 nitrogen and oxygen atoms in total.